The number of nitrogens with zero attached hydrogens (tertiary/aromatic N) is 1. The fourth-order valence-electron chi connectivity index (χ4n) is 1.89. The lowest BCUT2D eigenvalue weighted by molar-refractivity contribution is -0.129. The Morgan fingerprint density at radius 2 is 2.00 bits per heavy atom. The lowest BCUT2D eigenvalue weighted by Gasteiger charge is -2.21. The van der Waals surface area contributed by atoms with Gasteiger partial charge in [-0.3, -0.25) is 14.1 Å². The van der Waals surface area contributed by atoms with Crippen LogP contribution in [0.3, 0.4) is 0 Å². The minimum absolute atomic E-state index is 0.0228. The van der Waals surface area contributed by atoms with Crippen LogP contribution in [-0.4, -0.2) is 44.6 Å². The van der Waals surface area contributed by atoms with E-state index in [1.54, 1.807) is 0 Å². The van der Waals surface area contributed by atoms with E-state index in [0.29, 0.717) is 0 Å². The quantitative estimate of drug-likeness (QED) is 0.414. The van der Waals surface area contributed by atoms with E-state index in [0.717, 1.165) is 4.42 Å². The second-order valence-electron chi connectivity index (χ2n) is 4.78. The highest BCUT2D eigenvalue weighted by molar-refractivity contribution is 7.95. The van der Waals surface area contributed by atoms with Crippen molar-refractivity contribution in [2.24, 2.45) is 5.92 Å². The van der Waals surface area contributed by atoms with Crippen molar-refractivity contribution in [3.05, 3.63) is 0 Å². The van der Waals surface area contributed by atoms with Crippen LogP contribution in [0.2, 0.25) is 0 Å². The second kappa shape index (κ2) is 6.06. The van der Waals surface area contributed by atoms with Crippen molar-refractivity contribution < 1.29 is 30.4 Å². The van der Waals surface area contributed by atoms with Crippen LogP contribution in [0.15, 0.2) is 0 Å². The van der Waals surface area contributed by atoms with Gasteiger partial charge in [-0.25, -0.2) is 4.42 Å². The predicted octanol–water partition coefficient (Wildman–Crippen LogP) is 0.210. The predicted molar refractivity (Wildman–Crippen MR) is 70.2 cm³/mol. The van der Waals surface area contributed by atoms with Crippen molar-refractivity contribution in [1.82, 2.24) is 4.42 Å². The molecule has 0 aromatic heterocycles. The maximum absolute atomic E-state index is 12.0. The molecule has 0 bridgehead atoms. The van der Waals surface area contributed by atoms with Crippen LogP contribution < -0.4 is 0 Å². The first-order valence-corrected chi connectivity index (χ1v) is 8.51. The second-order valence-corrected chi connectivity index (χ2v) is 7.62. The SMILES string of the molecule is CC1(C)C(=O)C(CCCS(=O)(=O)OS(=O)O)C(=O)N1Cl. The summed E-state index contributed by atoms with van der Waals surface area (Å²) in [5, 5.41) is 0. The molecule has 2 unspecified atom stereocenters. The summed E-state index contributed by atoms with van der Waals surface area (Å²) in [5.41, 5.74) is -1.13. The van der Waals surface area contributed by atoms with Gasteiger partial charge in [-0.05, 0) is 26.7 Å². The number of carbonyl (C=O) groups excluding carboxylic acids is 2. The Morgan fingerprint density at radius 3 is 2.40 bits per heavy atom. The van der Waals surface area contributed by atoms with Crippen molar-refractivity contribution in [2.75, 3.05) is 5.75 Å². The third-order valence-electron chi connectivity index (χ3n) is 2.95. The Balaban J connectivity index is 2.62. The highest BCUT2D eigenvalue weighted by Crippen LogP contribution is 2.34. The molecular weight excluding hydrogens is 334 g/mol. The van der Waals surface area contributed by atoms with Gasteiger partial charge in [0.15, 0.2) is 5.78 Å². The van der Waals surface area contributed by atoms with Crippen LogP contribution in [0.4, 0.5) is 0 Å². The van der Waals surface area contributed by atoms with E-state index >= 15 is 0 Å². The zero-order chi connectivity index (χ0) is 15.7. The van der Waals surface area contributed by atoms with Gasteiger partial charge in [-0.15, -0.1) is 3.63 Å². The first-order chi connectivity index (χ1) is 8.99. The topological polar surface area (TPSA) is 118 Å². The number of hydrogen-bond acceptors (Lipinski definition) is 6. The molecule has 0 aromatic rings. The molecule has 2 atom stereocenters. The summed E-state index contributed by atoms with van der Waals surface area (Å²) in [7, 11) is -4.17. The molecule has 1 rings (SSSR count). The third kappa shape index (κ3) is 3.76. The number of hydrogen-bond donors (Lipinski definition) is 1. The van der Waals surface area contributed by atoms with E-state index < -0.39 is 44.6 Å². The molecule has 1 N–H and O–H groups in total. The van der Waals surface area contributed by atoms with Crippen molar-refractivity contribution >= 4 is 44.9 Å². The number of carbonyl (C=O) groups is 2. The Bertz CT molecular complexity index is 544. The van der Waals surface area contributed by atoms with E-state index in [9.17, 15) is 22.2 Å². The average molecular weight is 348 g/mol. The molecule has 1 heterocycles. The summed E-state index contributed by atoms with van der Waals surface area (Å²) in [6.45, 7) is 2.99. The summed E-state index contributed by atoms with van der Waals surface area (Å²) in [4.78, 5) is 23.7. The number of halogens is 1. The maximum Gasteiger partial charge on any atom is 0.317 e. The van der Waals surface area contributed by atoms with Gasteiger partial charge in [0.25, 0.3) is 10.1 Å². The van der Waals surface area contributed by atoms with E-state index in [1.807, 2.05) is 0 Å². The minimum atomic E-state index is -4.17. The fraction of sp³-hybridized carbons (Fsp3) is 0.778. The first-order valence-electron chi connectivity index (χ1n) is 5.56. The van der Waals surface area contributed by atoms with Crippen molar-refractivity contribution in [3.8, 4) is 0 Å². The summed E-state index contributed by atoms with van der Waals surface area (Å²) in [5.74, 6) is -2.54. The molecule has 1 amide bonds. The summed E-state index contributed by atoms with van der Waals surface area (Å²) >= 11 is 2.80. The van der Waals surface area contributed by atoms with Crippen molar-refractivity contribution in [1.29, 1.82) is 0 Å². The third-order valence-corrected chi connectivity index (χ3v) is 5.62. The van der Waals surface area contributed by atoms with Gasteiger partial charge in [0.2, 0.25) is 5.91 Å². The Hall–Kier alpha value is -0.550. The Morgan fingerprint density at radius 1 is 1.45 bits per heavy atom. The van der Waals surface area contributed by atoms with Gasteiger partial charge >= 0.3 is 11.4 Å². The van der Waals surface area contributed by atoms with Crippen LogP contribution in [0.5, 0.6) is 0 Å². The molecule has 116 valence electrons. The normalized spacial score (nSPS) is 24.2. The molecule has 0 radical (unpaired) electrons. The van der Waals surface area contributed by atoms with Crippen LogP contribution in [0, 0.1) is 5.92 Å². The summed E-state index contributed by atoms with van der Waals surface area (Å²) in [6.07, 6.45) is -0.0898. The molecule has 0 aromatic carbocycles. The smallest absolute Gasteiger partial charge is 0.296 e. The molecule has 11 heteroatoms. The fourth-order valence-corrected chi connectivity index (χ4v) is 3.59. The number of amides is 1. The molecule has 0 aliphatic carbocycles. The zero-order valence-electron chi connectivity index (χ0n) is 10.7. The zero-order valence-corrected chi connectivity index (χ0v) is 13.1. The minimum Gasteiger partial charge on any atom is -0.296 e. The van der Waals surface area contributed by atoms with Gasteiger partial charge in [-0.2, -0.15) is 12.6 Å². The van der Waals surface area contributed by atoms with Crippen LogP contribution >= 0.6 is 11.8 Å². The largest absolute Gasteiger partial charge is 0.317 e. The lowest BCUT2D eigenvalue weighted by atomic mass is 9.92. The van der Waals surface area contributed by atoms with Gasteiger partial charge < -0.3 is 0 Å². The number of ketones is 1. The number of rotatable bonds is 6. The highest BCUT2D eigenvalue weighted by atomic mass is 35.5. The van der Waals surface area contributed by atoms with Gasteiger partial charge in [0.05, 0.1) is 5.75 Å². The number of Topliss-reactive ketones (excluding diaryl/α,β-unsaturated/α-hetero) is 1. The van der Waals surface area contributed by atoms with Gasteiger partial charge in [-0.1, -0.05) is 0 Å². The molecule has 1 saturated heterocycles. The Kier molecular flexibility index (Phi) is 5.30. The molecule has 1 fully saturated rings. The monoisotopic (exact) mass is 347 g/mol. The molecule has 1 aliphatic rings. The lowest BCUT2D eigenvalue weighted by Crippen LogP contribution is -2.38. The van der Waals surface area contributed by atoms with E-state index in [2.05, 4.69) is 3.63 Å². The molecular formula is C9H14ClNO7S2. The van der Waals surface area contributed by atoms with Crippen LogP contribution in [0.1, 0.15) is 26.7 Å². The van der Waals surface area contributed by atoms with E-state index in [1.165, 1.54) is 13.8 Å². The Labute approximate surface area is 124 Å². The van der Waals surface area contributed by atoms with Gasteiger partial charge in [0.1, 0.15) is 11.5 Å². The molecule has 20 heavy (non-hydrogen) atoms. The van der Waals surface area contributed by atoms with Crippen LogP contribution in [-0.2, 0) is 34.7 Å². The molecule has 1 aliphatic heterocycles. The average Bonchev–Trinajstić information content (AvgIpc) is 2.42. The summed E-state index contributed by atoms with van der Waals surface area (Å²) in [6, 6.07) is 0. The molecule has 8 nitrogen and oxygen atoms in total. The van der Waals surface area contributed by atoms with Crippen LogP contribution in [0.25, 0.3) is 0 Å². The standard InChI is InChI=1S/C9H14ClNO7S2/c1-9(2)7(12)6(8(13)11(9)10)4-3-5-20(16,17)18-19(14)15/h6H,3-5H2,1-2H3,(H,14,15). The highest BCUT2D eigenvalue weighted by Gasteiger charge is 2.52. The van der Waals surface area contributed by atoms with E-state index in [-0.39, 0.29) is 18.6 Å². The molecule has 0 saturated carbocycles. The van der Waals surface area contributed by atoms with Crippen molar-refractivity contribution in [3.63, 3.8) is 0 Å². The maximum atomic E-state index is 12.0. The summed E-state index contributed by atoms with van der Waals surface area (Å²) < 4.78 is 45.6. The molecule has 0 spiro atoms. The van der Waals surface area contributed by atoms with Gasteiger partial charge in [0, 0.05) is 11.8 Å². The first kappa shape index (κ1) is 17.5. The van der Waals surface area contributed by atoms with Crippen molar-refractivity contribution in [2.45, 2.75) is 32.2 Å². The van der Waals surface area contributed by atoms with E-state index in [4.69, 9.17) is 16.3 Å².